The highest BCUT2D eigenvalue weighted by Crippen LogP contribution is 2.51. The molecule has 1 spiro atoms. The molecular weight excluding hydrogens is 396 g/mol. The van der Waals surface area contributed by atoms with Gasteiger partial charge >= 0.3 is 0 Å². The van der Waals surface area contributed by atoms with Gasteiger partial charge < -0.3 is 10.2 Å². The van der Waals surface area contributed by atoms with Crippen LogP contribution in [-0.4, -0.2) is 52.4 Å². The number of phenols is 2. The van der Waals surface area contributed by atoms with Gasteiger partial charge in [0.2, 0.25) is 12.3 Å². The molecule has 2 aromatic rings. The van der Waals surface area contributed by atoms with Crippen molar-refractivity contribution in [1.29, 1.82) is 0 Å². The summed E-state index contributed by atoms with van der Waals surface area (Å²) in [5.41, 5.74) is -3.67. The summed E-state index contributed by atoms with van der Waals surface area (Å²) >= 11 is 0. The van der Waals surface area contributed by atoms with Crippen molar-refractivity contribution in [2.45, 2.75) is 30.3 Å². The minimum absolute atomic E-state index is 0.326. The number of phenolic OH excluding ortho intramolecular Hbond substituents is 2. The van der Waals surface area contributed by atoms with Gasteiger partial charge in [-0.05, 0) is 24.3 Å². The van der Waals surface area contributed by atoms with E-state index in [4.69, 9.17) is 0 Å². The van der Waals surface area contributed by atoms with Crippen LogP contribution in [0, 0.1) is 0 Å². The van der Waals surface area contributed by atoms with Crippen LogP contribution in [0.25, 0.3) is 0 Å². The third kappa shape index (κ3) is 2.41. The molecule has 0 aliphatic carbocycles. The first kappa shape index (κ1) is 19.0. The third-order valence-electron chi connectivity index (χ3n) is 5.13. The molecule has 4 unspecified atom stereocenters. The Morgan fingerprint density at radius 3 is 1.45 bits per heavy atom. The van der Waals surface area contributed by atoms with Gasteiger partial charge in [-0.25, -0.2) is 17.6 Å². The first-order valence-corrected chi connectivity index (χ1v) is 8.53. The van der Waals surface area contributed by atoms with Gasteiger partial charge in [0.1, 0.15) is 11.5 Å². The van der Waals surface area contributed by atoms with Crippen LogP contribution in [0.15, 0.2) is 48.5 Å². The first-order valence-electron chi connectivity index (χ1n) is 8.53. The minimum Gasteiger partial charge on any atom is -0.508 e. The Kier molecular flexibility index (Phi) is 4.18. The third-order valence-corrected chi connectivity index (χ3v) is 5.13. The number of aromatic hydroxyl groups is 2. The second-order valence-electron chi connectivity index (χ2n) is 6.78. The Hall–Kier alpha value is -3.30. The van der Waals surface area contributed by atoms with Gasteiger partial charge in [0.25, 0.3) is 11.8 Å². The lowest BCUT2D eigenvalue weighted by atomic mass is 9.97. The molecule has 4 rings (SSSR count). The number of amides is 2. The summed E-state index contributed by atoms with van der Waals surface area (Å²) in [6, 6.07) is 9.07. The number of carbonyl (C=O) groups excluding carboxylic acids is 2. The quantitative estimate of drug-likeness (QED) is 0.746. The predicted molar refractivity (Wildman–Crippen MR) is 93.5 cm³/mol. The molecule has 2 amide bonds. The molecule has 4 atom stereocenters. The standard InChI is InChI=1S/C19H14F4N2O4/c20-13-15(22)19(24(17(13)28)9-3-1-5-11(26)7-9)16(23)14(21)18(29)25(19)10-4-2-6-12(27)8-10/h1-8,13-16,26-27H. The number of hydrogen-bond acceptors (Lipinski definition) is 4. The van der Waals surface area contributed by atoms with Gasteiger partial charge in [-0.1, -0.05) is 12.1 Å². The number of alkyl halides is 4. The fraction of sp³-hybridized carbons (Fsp3) is 0.263. The number of nitrogens with zero attached hydrogens (tertiary/aromatic N) is 2. The zero-order chi connectivity index (χ0) is 21.1. The average molecular weight is 410 g/mol. The van der Waals surface area contributed by atoms with Gasteiger partial charge in [-0.3, -0.25) is 19.4 Å². The average Bonchev–Trinajstić information content (AvgIpc) is 3.00. The molecule has 2 aliphatic rings. The maximum Gasteiger partial charge on any atom is 0.266 e. The van der Waals surface area contributed by atoms with Crippen LogP contribution in [-0.2, 0) is 9.59 Å². The van der Waals surface area contributed by atoms with Crippen LogP contribution in [0.3, 0.4) is 0 Å². The molecule has 6 nitrogen and oxygen atoms in total. The second kappa shape index (κ2) is 6.36. The second-order valence-corrected chi connectivity index (χ2v) is 6.78. The summed E-state index contributed by atoms with van der Waals surface area (Å²) < 4.78 is 59.5. The highest BCUT2D eigenvalue weighted by molar-refractivity contribution is 6.10. The van der Waals surface area contributed by atoms with Gasteiger partial charge in [0.15, 0.2) is 18.0 Å². The Balaban J connectivity index is 2.01. The highest BCUT2D eigenvalue weighted by atomic mass is 19.2. The molecule has 0 aromatic heterocycles. The Morgan fingerprint density at radius 1 is 0.724 bits per heavy atom. The monoisotopic (exact) mass is 410 g/mol. The van der Waals surface area contributed by atoms with E-state index in [0.717, 1.165) is 24.3 Å². The molecule has 10 heteroatoms. The summed E-state index contributed by atoms with van der Waals surface area (Å²) in [5.74, 6) is -3.86. The maximum atomic E-state index is 15.2. The zero-order valence-electron chi connectivity index (χ0n) is 14.5. The van der Waals surface area contributed by atoms with E-state index in [0.29, 0.717) is 9.80 Å². The molecule has 0 radical (unpaired) electrons. The van der Waals surface area contributed by atoms with Crippen molar-refractivity contribution in [3.63, 3.8) is 0 Å². The van der Waals surface area contributed by atoms with Crippen LogP contribution < -0.4 is 9.80 Å². The van der Waals surface area contributed by atoms with Crippen molar-refractivity contribution < 1.29 is 37.4 Å². The zero-order valence-corrected chi connectivity index (χ0v) is 14.5. The van der Waals surface area contributed by atoms with Crippen LogP contribution >= 0.6 is 0 Å². The summed E-state index contributed by atoms with van der Waals surface area (Å²) in [6.45, 7) is 0. The van der Waals surface area contributed by atoms with Gasteiger partial charge in [-0.2, -0.15) is 0 Å². The first-order chi connectivity index (χ1) is 13.7. The van der Waals surface area contributed by atoms with E-state index < -0.39 is 53.7 Å². The Labute approximate surface area is 161 Å². The van der Waals surface area contributed by atoms with E-state index in [9.17, 15) is 28.6 Å². The molecular formula is C19H14F4N2O4. The van der Waals surface area contributed by atoms with E-state index in [-0.39, 0.29) is 11.4 Å². The van der Waals surface area contributed by atoms with Gasteiger partial charge in [-0.15, -0.1) is 0 Å². The molecule has 2 aliphatic heterocycles. The normalized spacial score (nSPS) is 31.9. The lowest BCUT2D eigenvalue weighted by Gasteiger charge is -2.43. The number of benzene rings is 2. The summed E-state index contributed by atoms with van der Waals surface area (Å²) in [5, 5.41) is 19.4. The molecule has 2 fully saturated rings. The van der Waals surface area contributed by atoms with Crippen molar-refractivity contribution in [1.82, 2.24) is 0 Å². The van der Waals surface area contributed by atoms with E-state index in [2.05, 4.69) is 0 Å². The van der Waals surface area contributed by atoms with Crippen molar-refractivity contribution >= 4 is 23.2 Å². The largest absolute Gasteiger partial charge is 0.508 e. The van der Waals surface area contributed by atoms with Gasteiger partial charge in [0, 0.05) is 12.1 Å². The van der Waals surface area contributed by atoms with Crippen LogP contribution in [0.1, 0.15) is 0 Å². The van der Waals surface area contributed by atoms with Gasteiger partial charge in [0.05, 0.1) is 11.4 Å². The maximum absolute atomic E-state index is 15.2. The number of hydrogen-bond donors (Lipinski definition) is 2. The summed E-state index contributed by atoms with van der Waals surface area (Å²) in [6.07, 6.45) is -11.7. The van der Waals surface area contributed by atoms with Crippen LogP contribution in [0.4, 0.5) is 28.9 Å². The summed E-state index contributed by atoms with van der Waals surface area (Å²) in [7, 11) is 0. The fourth-order valence-electron chi connectivity index (χ4n) is 3.96. The lowest BCUT2D eigenvalue weighted by Crippen LogP contribution is -2.65. The smallest absolute Gasteiger partial charge is 0.266 e. The topological polar surface area (TPSA) is 81.1 Å². The van der Waals surface area contributed by atoms with Crippen molar-refractivity contribution in [3.05, 3.63) is 48.5 Å². The van der Waals surface area contributed by atoms with E-state index >= 15 is 8.78 Å². The van der Waals surface area contributed by atoms with E-state index in [1.807, 2.05) is 0 Å². The number of halogens is 4. The summed E-state index contributed by atoms with van der Waals surface area (Å²) in [4.78, 5) is 25.7. The molecule has 2 N–H and O–H groups in total. The molecule has 29 heavy (non-hydrogen) atoms. The van der Waals surface area contributed by atoms with Crippen molar-refractivity contribution in [3.8, 4) is 11.5 Å². The van der Waals surface area contributed by atoms with Crippen molar-refractivity contribution in [2.24, 2.45) is 0 Å². The number of rotatable bonds is 2. The molecule has 2 aromatic carbocycles. The van der Waals surface area contributed by atoms with Crippen molar-refractivity contribution in [2.75, 3.05) is 9.80 Å². The Bertz CT molecular complexity index is 924. The molecule has 0 saturated carbocycles. The Morgan fingerprint density at radius 2 is 1.10 bits per heavy atom. The number of anilines is 2. The fourth-order valence-corrected chi connectivity index (χ4v) is 3.96. The highest BCUT2D eigenvalue weighted by Gasteiger charge is 2.75. The molecule has 2 saturated heterocycles. The van der Waals surface area contributed by atoms with E-state index in [1.54, 1.807) is 0 Å². The number of carbonyl (C=O) groups is 2. The lowest BCUT2D eigenvalue weighted by molar-refractivity contribution is -0.122. The predicted octanol–water partition coefficient (Wildman–Crippen LogP) is 2.54. The molecule has 2 heterocycles. The minimum atomic E-state index is -3.02. The van der Waals surface area contributed by atoms with Crippen LogP contribution in [0.5, 0.6) is 11.5 Å². The molecule has 152 valence electrons. The SMILES string of the molecule is O=C1C(F)C(F)C2(C(F)C(F)C(=O)N2c2cccc(O)c2)N1c1cccc(O)c1. The van der Waals surface area contributed by atoms with E-state index in [1.165, 1.54) is 24.3 Å². The molecule has 0 bridgehead atoms. The van der Waals surface area contributed by atoms with Crippen LogP contribution in [0.2, 0.25) is 0 Å².